The monoisotopic (exact) mass is 550 g/mol. The number of aliphatic hydroxyl groups excluding tert-OH is 1. The fraction of sp³-hybridized carbons (Fsp3) is 0.450. The Balaban J connectivity index is 0.000000482. The second-order valence-electron chi connectivity index (χ2n) is 7.42. The van der Waals surface area contributed by atoms with Crippen LogP contribution in [0.15, 0.2) is 43.1 Å². The largest absolute Gasteiger partial charge is 0.497 e. The van der Waals surface area contributed by atoms with Gasteiger partial charge in [-0.3, -0.25) is 19.0 Å². The zero-order chi connectivity index (χ0) is 21.2. The number of nitrogens with zero attached hydrogens (tertiary/aromatic N) is 2. The van der Waals surface area contributed by atoms with Crippen molar-refractivity contribution in [1.29, 1.82) is 0 Å². The number of piperidine rings is 3. The lowest BCUT2D eigenvalue weighted by molar-refractivity contribution is -0.0444. The highest BCUT2D eigenvalue weighted by Gasteiger charge is 2.42. The predicted octanol–water partition coefficient (Wildman–Crippen LogP) is 3.14. The fourth-order valence-electron chi connectivity index (χ4n) is 4.44. The molecule has 1 aromatic carbocycles. The molecule has 3 aliphatic rings. The number of fused-ring (bicyclic) bond motifs is 4. The number of hydrogen-bond acceptors (Lipinski definition) is 6. The minimum atomic E-state index is -4.67. The van der Waals surface area contributed by atoms with Crippen molar-refractivity contribution in [2.75, 3.05) is 20.2 Å². The normalized spacial score (nSPS) is 26.1. The molecule has 1 aromatic heterocycles. The van der Waals surface area contributed by atoms with Crippen molar-refractivity contribution in [2.45, 2.75) is 25.0 Å². The second-order valence-corrected chi connectivity index (χ2v) is 8.32. The maximum Gasteiger partial charge on any atom is 0.394 e. The van der Waals surface area contributed by atoms with Crippen LogP contribution in [0.3, 0.4) is 0 Å². The third kappa shape index (κ3) is 5.89. The summed E-state index contributed by atoms with van der Waals surface area (Å²) in [5.41, 5.74) is 1.85. The summed E-state index contributed by atoms with van der Waals surface area (Å²) in [6.07, 6.45) is 5.62. The van der Waals surface area contributed by atoms with Gasteiger partial charge >= 0.3 is 10.4 Å². The summed E-state index contributed by atoms with van der Waals surface area (Å²) < 4.78 is 36.9. The van der Waals surface area contributed by atoms with Crippen molar-refractivity contribution in [3.8, 4) is 5.75 Å². The van der Waals surface area contributed by atoms with Crippen molar-refractivity contribution in [1.82, 2.24) is 9.88 Å². The fourth-order valence-corrected chi connectivity index (χ4v) is 4.44. The van der Waals surface area contributed by atoms with Gasteiger partial charge < -0.3 is 9.84 Å². The molecule has 3 aliphatic heterocycles. The average Bonchev–Trinajstić information content (AvgIpc) is 2.71. The topological polar surface area (TPSA) is 120 Å². The van der Waals surface area contributed by atoms with Crippen LogP contribution in [0.4, 0.5) is 0 Å². The van der Waals surface area contributed by atoms with E-state index in [-0.39, 0.29) is 30.0 Å². The third-order valence-electron chi connectivity index (χ3n) is 5.82. The lowest BCUT2D eigenvalue weighted by Gasteiger charge is -2.50. The molecule has 0 spiro atoms. The van der Waals surface area contributed by atoms with Crippen LogP contribution in [-0.2, 0) is 10.4 Å². The van der Waals surface area contributed by atoms with E-state index in [1.165, 1.54) is 6.42 Å². The van der Waals surface area contributed by atoms with E-state index in [0.29, 0.717) is 11.8 Å². The van der Waals surface area contributed by atoms with Crippen LogP contribution in [0.25, 0.3) is 10.9 Å². The van der Waals surface area contributed by atoms with Crippen LogP contribution in [0.5, 0.6) is 5.75 Å². The second kappa shape index (κ2) is 10.3. The maximum absolute atomic E-state index is 11.2. The van der Waals surface area contributed by atoms with Crippen molar-refractivity contribution >= 4 is 45.3 Å². The van der Waals surface area contributed by atoms with Crippen molar-refractivity contribution < 1.29 is 27.4 Å². The van der Waals surface area contributed by atoms with Crippen LogP contribution in [0.2, 0.25) is 0 Å². The van der Waals surface area contributed by atoms with Crippen molar-refractivity contribution in [3.05, 3.63) is 48.7 Å². The first-order chi connectivity index (χ1) is 13.7. The standard InChI is InChI=1S/C20H24N2O2.HI.H2O4S/c1-3-13-12-22-9-7-14(13)10-19(22)20(23)16-6-8-21-18-5-4-15(24-2)11-17(16)18;;1-5(2,3)4/h3-6,8,11,13-14,19-20,23H,1,7,9-10,12H2,2H3;1H;(H2,1,2,3,4)/t13-,14?,19-,20-;;/m1../s1. The first-order valence-electron chi connectivity index (χ1n) is 9.38. The van der Waals surface area contributed by atoms with Gasteiger partial charge in [0, 0.05) is 24.2 Å². The van der Waals surface area contributed by atoms with E-state index in [2.05, 4.69) is 22.5 Å². The van der Waals surface area contributed by atoms with E-state index in [1.807, 2.05) is 24.3 Å². The maximum atomic E-state index is 11.2. The smallest absolute Gasteiger partial charge is 0.394 e. The number of halogens is 1. The molecule has 4 heterocycles. The molecular weight excluding hydrogens is 523 g/mol. The molecule has 0 radical (unpaired) electrons. The molecule has 2 aromatic rings. The highest BCUT2D eigenvalue weighted by Crippen LogP contribution is 2.42. The number of methoxy groups -OCH3 is 1. The van der Waals surface area contributed by atoms with Gasteiger partial charge in [-0.1, -0.05) is 6.08 Å². The summed E-state index contributed by atoms with van der Waals surface area (Å²) in [4.78, 5) is 6.86. The van der Waals surface area contributed by atoms with Crippen molar-refractivity contribution in [3.63, 3.8) is 0 Å². The summed E-state index contributed by atoms with van der Waals surface area (Å²) in [7, 11) is -3.01. The molecule has 0 amide bonds. The van der Waals surface area contributed by atoms with Gasteiger partial charge in [-0.25, -0.2) is 0 Å². The van der Waals surface area contributed by atoms with Crippen LogP contribution in [0.1, 0.15) is 24.5 Å². The zero-order valence-electron chi connectivity index (χ0n) is 16.6. The SMILES string of the molecule is C=C[C@@H]1CN2CCC1C[C@@H]2[C@H](O)c1ccnc2ccc(OC)cc12.I.O=S(=O)(O)O. The van der Waals surface area contributed by atoms with E-state index >= 15 is 0 Å². The summed E-state index contributed by atoms with van der Waals surface area (Å²) in [5.74, 6) is 2.01. The van der Waals surface area contributed by atoms with Gasteiger partial charge in [-0.05, 0) is 61.1 Å². The average molecular weight is 550 g/mol. The molecule has 5 rings (SSSR count). The zero-order valence-corrected chi connectivity index (χ0v) is 19.7. The Morgan fingerprint density at radius 3 is 2.60 bits per heavy atom. The van der Waals surface area contributed by atoms with Crippen LogP contribution < -0.4 is 4.74 Å². The number of ether oxygens (including phenoxy) is 1. The third-order valence-corrected chi connectivity index (χ3v) is 5.82. The molecule has 3 N–H and O–H groups in total. The Labute approximate surface area is 193 Å². The van der Waals surface area contributed by atoms with Gasteiger partial charge in [0.25, 0.3) is 0 Å². The molecule has 5 atom stereocenters. The molecule has 166 valence electrons. The van der Waals surface area contributed by atoms with Gasteiger partial charge in [0.15, 0.2) is 0 Å². The number of aliphatic hydroxyl groups is 1. The quantitative estimate of drug-likeness (QED) is 0.302. The molecule has 0 aliphatic carbocycles. The number of aromatic nitrogens is 1. The Morgan fingerprint density at radius 2 is 2.03 bits per heavy atom. The number of hydrogen-bond donors (Lipinski definition) is 3. The Hall–Kier alpha value is -1.31. The van der Waals surface area contributed by atoms with E-state index in [9.17, 15) is 5.11 Å². The van der Waals surface area contributed by atoms with Crippen molar-refractivity contribution in [2.24, 2.45) is 11.8 Å². The van der Waals surface area contributed by atoms with Gasteiger partial charge in [0.05, 0.1) is 18.7 Å². The summed E-state index contributed by atoms with van der Waals surface area (Å²) in [6, 6.07) is 7.96. The highest BCUT2D eigenvalue weighted by molar-refractivity contribution is 14.0. The van der Waals surface area contributed by atoms with Gasteiger partial charge in [-0.2, -0.15) is 8.42 Å². The predicted molar refractivity (Wildman–Crippen MR) is 125 cm³/mol. The first kappa shape index (κ1) is 25.0. The minimum Gasteiger partial charge on any atom is -0.497 e. The van der Waals surface area contributed by atoms with Crippen LogP contribution in [0, 0.1) is 11.8 Å². The van der Waals surface area contributed by atoms with E-state index in [1.54, 1.807) is 13.3 Å². The van der Waals surface area contributed by atoms with Gasteiger partial charge in [0.1, 0.15) is 5.75 Å². The Kier molecular flexibility index (Phi) is 8.60. The molecule has 10 heteroatoms. The van der Waals surface area contributed by atoms with Gasteiger partial charge in [0.2, 0.25) is 0 Å². The van der Waals surface area contributed by atoms with Gasteiger partial charge in [-0.15, -0.1) is 30.6 Å². The van der Waals surface area contributed by atoms with E-state index < -0.39 is 16.5 Å². The van der Waals surface area contributed by atoms with Crippen LogP contribution in [-0.4, -0.2) is 58.8 Å². The highest BCUT2D eigenvalue weighted by atomic mass is 127. The molecule has 0 saturated carbocycles. The molecule has 3 saturated heterocycles. The molecule has 3 fully saturated rings. The van der Waals surface area contributed by atoms with Crippen LogP contribution >= 0.6 is 24.0 Å². The number of pyridine rings is 1. The van der Waals surface area contributed by atoms with E-state index in [4.69, 9.17) is 22.3 Å². The Morgan fingerprint density at radius 1 is 1.33 bits per heavy atom. The molecule has 2 unspecified atom stereocenters. The minimum absolute atomic E-state index is 0. The number of rotatable bonds is 4. The first-order valence-corrected chi connectivity index (χ1v) is 10.8. The molecule has 30 heavy (non-hydrogen) atoms. The molecule has 8 nitrogen and oxygen atoms in total. The molecule has 2 bridgehead atoms. The lowest BCUT2D eigenvalue weighted by Crippen LogP contribution is -2.54. The summed E-state index contributed by atoms with van der Waals surface area (Å²) in [6.45, 7) is 6.07. The lowest BCUT2D eigenvalue weighted by atomic mass is 9.73. The Bertz CT molecular complexity index is 978. The summed E-state index contributed by atoms with van der Waals surface area (Å²) in [5, 5.41) is 12.1. The molecular formula is C20H27IN2O6S. The summed E-state index contributed by atoms with van der Waals surface area (Å²) >= 11 is 0. The number of benzene rings is 1. The van der Waals surface area contributed by atoms with E-state index in [0.717, 1.165) is 41.7 Å².